The number of carbonyl (C=O) groups is 1. The predicted octanol–water partition coefficient (Wildman–Crippen LogP) is 4.49. The molecule has 9 heteroatoms. The number of halogens is 2. The number of anilines is 1. The minimum atomic E-state index is -3.93. The zero-order valence-electron chi connectivity index (χ0n) is 15.5. The van der Waals surface area contributed by atoms with E-state index in [0.29, 0.717) is 5.56 Å². The van der Waals surface area contributed by atoms with Gasteiger partial charge in [-0.05, 0) is 48.4 Å². The normalized spacial score (nSPS) is 20.0. The number of nitrogens with zero attached hydrogens (tertiary/aromatic N) is 1. The lowest BCUT2D eigenvalue weighted by Crippen LogP contribution is -2.32. The summed E-state index contributed by atoms with van der Waals surface area (Å²) < 4.78 is 34.4. The summed E-state index contributed by atoms with van der Waals surface area (Å²) in [5, 5.41) is 21.2. The Kier molecular flexibility index (Phi) is 5.81. The maximum Gasteiger partial charge on any atom is 0.327 e. The van der Waals surface area contributed by atoms with Gasteiger partial charge in [-0.1, -0.05) is 17.7 Å². The van der Waals surface area contributed by atoms with Gasteiger partial charge in [0.1, 0.15) is 17.5 Å². The summed E-state index contributed by atoms with van der Waals surface area (Å²) in [6.07, 6.45) is 2.80. The van der Waals surface area contributed by atoms with Crippen LogP contribution in [0.3, 0.4) is 0 Å². The fourth-order valence-corrected chi connectivity index (χ4v) is 6.36. The van der Waals surface area contributed by atoms with Crippen molar-refractivity contribution in [1.29, 1.82) is 5.26 Å². The summed E-state index contributed by atoms with van der Waals surface area (Å²) >= 11 is 5.91. The zero-order valence-corrected chi connectivity index (χ0v) is 17.2. The van der Waals surface area contributed by atoms with Crippen molar-refractivity contribution in [2.24, 2.45) is 0 Å². The highest BCUT2D eigenvalue weighted by Crippen LogP contribution is 2.64. The Morgan fingerprint density at radius 1 is 1.41 bits per heavy atom. The lowest BCUT2D eigenvalue weighted by atomic mass is 10.1. The van der Waals surface area contributed by atoms with Gasteiger partial charge in [0.05, 0.1) is 11.1 Å². The molecule has 6 nitrogen and oxygen atoms in total. The monoisotopic (exact) mass is 434 g/mol. The first-order valence-corrected chi connectivity index (χ1v) is 10.6. The summed E-state index contributed by atoms with van der Waals surface area (Å²) in [5.41, 5.74) is 0.114. The molecule has 1 aliphatic rings. The van der Waals surface area contributed by atoms with Crippen molar-refractivity contribution in [3.8, 4) is 6.07 Å². The first kappa shape index (κ1) is 21.1. The van der Waals surface area contributed by atoms with Crippen molar-refractivity contribution in [1.82, 2.24) is 0 Å². The van der Waals surface area contributed by atoms with Gasteiger partial charge in [0, 0.05) is 29.7 Å². The molecular formula is C20H17ClFN2O4P. The van der Waals surface area contributed by atoms with E-state index in [-0.39, 0.29) is 21.6 Å². The topological polar surface area (TPSA) is 99.4 Å². The Morgan fingerprint density at radius 3 is 2.76 bits per heavy atom. The molecule has 3 atom stereocenters. The summed E-state index contributed by atoms with van der Waals surface area (Å²) in [6, 6.07) is 8.18. The summed E-state index contributed by atoms with van der Waals surface area (Å²) in [6.45, 7) is 1.76. The second-order valence-corrected chi connectivity index (χ2v) is 9.61. The molecule has 1 heterocycles. The number of nitriles is 1. The molecule has 2 N–H and O–H groups in total. The Labute approximate surface area is 172 Å². The summed E-state index contributed by atoms with van der Waals surface area (Å²) in [5.74, 6) is -2.13. The number of aryl methyl sites for hydroxylation is 1. The molecule has 0 amide bonds. The van der Waals surface area contributed by atoms with Crippen LogP contribution in [0, 0.1) is 24.1 Å². The molecule has 0 saturated carbocycles. The molecule has 3 unspecified atom stereocenters. The van der Waals surface area contributed by atoms with Gasteiger partial charge in [-0.3, -0.25) is 4.57 Å². The largest absolute Gasteiger partial charge is 0.480 e. The van der Waals surface area contributed by atoms with Crippen molar-refractivity contribution in [3.05, 3.63) is 63.9 Å². The van der Waals surface area contributed by atoms with Gasteiger partial charge in [-0.25, -0.2) is 9.18 Å². The van der Waals surface area contributed by atoms with Gasteiger partial charge in [0.25, 0.3) is 0 Å². The Bertz CT molecular complexity index is 1110. The molecule has 0 bridgehead atoms. The van der Waals surface area contributed by atoms with Crippen LogP contribution in [0.25, 0.3) is 6.08 Å². The molecule has 3 rings (SSSR count). The van der Waals surface area contributed by atoms with E-state index in [4.69, 9.17) is 21.4 Å². The summed E-state index contributed by atoms with van der Waals surface area (Å²) in [4.78, 5) is 11.9. The summed E-state index contributed by atoms with van der Waals surface area (Å²) in [7, 11) is -2.73. The van der Waals surface area contributed by atoms with Crippen LogP contribution in [0.15, 0.2) is 36.4 Å². The SMILES string of the molecule is COP(=O)(c1cc(C)cc(/C=C/C#N)c1)C1c2c(ccc(Cl)c2F)NC1C(=O)O. The van der Waals surface area contributed by atoms with Gasteiger partial charge < -0.3 is 14.9 Å². The first-order chi connectivity index (χ1) is 13.7. The Balaban J connectivity index is 2.26. The minimum Gasteiger partial charge on any atom is -0.480 e. The molecule has 0 aliphatic carbocycles. The number of fused-ring (bicyclic) bond motifs is 1. The van der Waals surface area contributed by atoms with Gasteiger partial charge >= 0.3 is 5.97 Å². The number of carboxylic acid groups (broad SMARTS) is 1. The van der Waals surface area contributed by atoms with Crippen LogP contribution in [-0.4, -0.2) is 24.2 Å². The Hall–Kier alpha value is -2.65. The van der Waals surface area contributed by atoms with Crippen LogP contribution in [0.2, 0.25) is 5.02 Å². The third kappa shape index (κ3) is 3.67. The van der Waals surface area contributed by atoms with Crippen molar-refractivity contribution in [2.45, 2.75) is 18.6 Å². The predicted molar refractivity (Wildman–Crippen MR) is 109 cm³/mol. The van der Waals surface area contributed by atoms with Gasteiger partial charge in [0.2, 0.25) is 7.37 Å². The molecule has 150 valence electrons. The van der Waals surface area contributed by atoms with Crippen LogP contribution in [0.5, 0.6) is 0 Å². The van der Waals surface area contributed by atoms with Gasteiger partial charge in [-0.15, -0.1) is 0 Å². The molecule has 0 radical (unpaired) electrons. The molecule has 29 heavy (non-hydrogen) atoms. The average molecular weight is 435 g/mol. The fourth-order valence-electron chi connectivity index (χ4n) is 3.54. The highest BCUT2D eigenvalue weighted by Gasteiger charge is 2.51. The molecule has 0 aromatic heterocycles. The second kappa shape index (κ2) is 8.00. The third-order valence-electron chi connectivity index (χ3n) is 4.75. The van der Waals surface area contributed by atoms with E-state index in [0.717, 1.165) is 5.56 Å². The molecule has 2 aromatic rings. The number of hydrogen-bond donors (Lipinski definition) is 2. The molecule has 2 aromatic carbocycles. The number of allylic oxidation sites excluding steroid dienone is 1. The first-order valence-electron chi connectivity index (χ1n) is 8.54. The molecular weight excluding hydrogens is 418 g/mol. The van der Waals surface area contributed by atoms with Gasteiger partial charge in [0.15, 0.2) is 0 Å². The zero-order chi connectivity index (χ0) is 21.3. The number of hydrogen-bond acceptors (Lipinski definition) is 5. The smallest absolute Gasteiger partial charge is 0.327 e. The lowest BCUT2D eigenvalue weighted by Gasteiger charge is -2.27. The van der Waals surface area contributed by atoms with Crippen molar-refractivity contribution >= 4 is 42.0 Å². The number of benzene rings is 2. The van der Waals surface area contributed by atoms with Gasteiger partial charge in [-0.2, -0.15) is 5.26 Å². The number of rotatable bonds is 5. The van der Waals surface area contributed by atoms with Crippen molar-refractivity contribution < 1.29 is 23.4 Å². The molecule has 0 spiro atoms. The number of carboxylic acids is 1. The van der Waals surface area contributed by atoms with E-state index in [1.54, 1.807) is 25.1 Å². The van der Waals surface area contributed by atoms with Crippen LogP contribution < -0.4 is 10.6 Å². The lowest BCUT2D eigenvalue weighted by molar-refractivity contribution is -0.137. The van der Waals surface area contributed by atoms with E-state index < -0.39 is 30.9 Å². The Morgan fingerprint density at radius 2 is 2.14 bits per heavy atom. The maximum absolute atomic E-state index is 14.9. The molecule has 1 aliphatic heterocycles. The number of aliphatic carboxylic acids is 1. The highest BCUT2D eigenvalue weighted by atomic mass is 35.5. The van der Waals surface area contributed by atoms with Crippen molar-refractivity contribution in [3.63, 3.8) is 0 Å². The van der Waals surface area contributed by atoms with E-state index in [2.05, 4.69) is 5.32 Å². The quantitative estimate of drug-likeness (QED) is 0.531. The van der Waals surface area contributed by atoms with Crippen molar-refractivity contribution in [2.75, 3.05) is 12.4 Å². The van der Waals surface area contributed by atoms with Crippen LogP contribution >= 0.6 is 19.0 Å². The van der Waals surface area contributed by atoms with E-state index >= 15 is 0 Å². The maximum atomic E-state index is 14.9. The minimum absolute atomic E-state index is 0.0780. The second-order valence-electron chi connectivity index (χ2n) is 6.57. The van der Waals surface area contributed by atoms with E-state index in [1.807, 2.05) is 6.07 Å². The fraction of sp³-hybridized carbons (Fsp3) is 0.200. The number of nitrogens with one attached hydrogen (secondary N) is 1. The third-order valence-corrected chi connectivity index (χ3v) is 7.85. The highest BCUT2D eigenvalue weighted by molar-refractivity contribution is 7.67. The van der Waals surface area contributed by atoms with Crippen LogP contribution in [0.4, 0.5) is 10.1 Å². The van der Waals surface area contributed by atoms with E-state index in [9.17, 15) is 18.9 Å². The average Bonchev–Trinajstić information content (AvgIpc) is 3.09. The van der Waals surface area contributed by atoms with E-state index in [1.165, 1.54) is 31.4 Å². The van der Waals surface area contributed by atoms with Crippen LogP contribution in [0.1, 0.15) is 22.3 Å². The molecule has 0 saturated heterocycles. The molecule has 0 fully saturated rings. The van der Waals surface area contributed by atoms with Crippen LogP contribution in [-0.2, 0) is 13.9 Å². The standard InChI is InChI=1S/C20H17ClFN2O4P/c1-11-8-12(4-3-7-23)10-13(9-11)29(27,28-2)19-16-15(24-18(19)20(25)26)6-5-14(21)17(16)22/h3-6,8-10,18-19,24H,1-2H3,(H,25,26)/b4-3+.